The maximum Gasteiger partial charge on any atom is 0.219 e. The minimum Gasteiger partial charge on any atom is -0.394 e. The largest absolute Gasteiger partial charge is 0.394 e. The fourth-order valence-corrected chi connectivity index (χ4v) is 7.49. The number of hydrogen-bond acceptors (Lipinski definition) is 20. The molecule has 1 aromatic rings. The Balaban J connectivity index is 1.39. The highest BCUT2D eigenvalue weighted by Crippen LogP contribution is 2.35. The Hall–Kier alpha value is -2.07. The van der Waals surface area contributed by atoms with Crippen LogP contribution >= 0.6 is 0 Å². The number of ether oxygens (including phenoxy) is 7. The lowest BCUT2D eigenvalue weighted by Gasteiger charge is -2.47. The second-order valence-electron chi connectivity index (χ2n) is 14.8. The maximum absolute atomic E-state index is 12.6. The lowest BCUT2D eigenvalue weighted by atomic mass is 9.84. The molecule has 5 rings (SSSR count). The summed E-state index contributed by atoms with van der Waals surface area (Å²) in [6.45, 7) is 0.337. The topological polar surface area (TPSA) is 357 Å². The molecule has 3 saturated heterocycles. The third kappa shape index (κ3) is 10.2. The van der Waals surface area contributed by atoms with Crippen molar-refractivity contribution < 1.29 is 73.7 Å². The number of hydrogen-bond donors (Lipinski definition) is 12. The Morgan fingerprint density at radius 3 is 1.84 bits per heavy atom. The summed E-state index contributed by atoms with van der Waals surface area (Å²) in [5.41, 5.74) is 31.9. The smallest absolute Gasteiger partial charge is 0.219 e. The van der Waals surface area contributed by atoms with Gasteiger partial charge < -0.3 is 102 Å². The van der Waals surface area contributed by atoms with Crippen molar-refractivity contribution in [1.82, 2.24) is 4.90 Å². The molecule has 4 aliphatic rings. The predicted octanol–water partition coefficient (Wildman–Crippen LogP) is -6.75. The monoisotopic (exact) mass is 804 g/mol. The van der Waals surface area contributed by atoms with E-state index in [1.165, 1.54) is 6.92 Å². The van der Waals surface area contributed by atoms with E-state index < -0.39 is 129 Å². The summed E-state index contributed by atoms with van der Waals surface area (Å²) in [5.74, 6) is -0.208. The van der Waals surface area contributed by atoms with E-state index in [-0.39, 0.29) is 32.0 Å². The van der Waals surface area contributed by atoms with Crippen LogP contribution in [0.5, 0.6) is 0 Å². The molecule has 4 fully saturated rings. The van der Waals surface area contributed by atoms with Crippen LogP contribution in [0.1, 0.15) is 18.9 Å². The number of benzene rings is 1. The first-order valence-electron chi connectivity index (χ1n) is 18.9. The lowest BCUT2D eigenvalue weighted by molar-refractivity contribution is -0.312. The van der Waals surface area contributed by atoms with Crippen LogP contribution in [0, 0.1) is 0 Å². The van der Waals surface area contributed by atoms with Crippen molar-refractivity contribution in [2.24, 2.45) is 28.7 Å². The van der Waals surface area contributed by atoms with E-state index >= 15 is 0 Å². The van der Waals surface area contributed by atoms with Gasteiger partial charge in [0.05, 0.1) is 38.0 Å². The molecule has 0 spiro atoms. The van der Waals surface area contributed by atoms with Gasteiger partial charge >= 0.3 is 0 Å². The van der Waals surface area contributed by atoms with Crippen molar-refractivity contribution in [2.45, 2.75) is 136 Å². The average Bonchev–Trinajstić information content (AvgIpc) is 3.51. The van der Waals surface area contributed by atoms with Gasteiger partial charge in [0.1, 0.15) is 67.1 Å². The Labute approximate surface area is 324 Å². The molecule has 1 saturated carbocycles. The predicted molar refractivity (Wildman–Crippen MR) is 193 cm³/mol. The number of rotatable bonds is 16. The highest BCUT2D eigenvalue weighted by Gasteiger charge is 2.55. The highest BCUT2D eigenvalue weighted by atomic mass is 16.8. The Morgan fingerprint density at radius 1 is 0.696 bits per heavy atom. The van der Waals surface area contributed by atoms with E-state index in [2.05, 4.69) is 0 Å². The quantitative estimate of drug-likeness (QED) is 0.0739. The first-order chi connectivity index (χ1) is 26.7. The zero-order chi connectivity index (χ0) is 40.8. The van der Waals surface area contributed by atoms with Gasteiger partial charge in [-0.2, -0.15) is 0 Å². The molecule has 0 radical (unpaired) electrons. The first-order valence-corrected chi connectivity index (χ1v) is 18.9. The van der Waals surface area contributed by atoms with Crippen LogP contribution in [0.25, 0.3) is 0 Å². The Kier molecular flexibility index (Phi) is 16.3. The van der Waals surface area contributed by atoms with Gasteiger partial charge in [-0.05, 0) is 18.4 Å². The summed E-state index contributed by atoms with van der Waals surface area (Å²) in [7, 11) is 0. The molecule has 1 amide bonds. The van der Waals surface area contributed by atoms with Crippen LogP contribution in [0.4, 0.5) is 0 Å². The zero-order valence-corrected chi connectivity index (χ0v) is 31.2. The number of aliphatic hydroxyl groups is 7. The van der Waals surface area contributed by atoms with Crippen molar-refractivity contribution in [3.63, 3.8) is 0 Å². The lowest BCUT2D eigenvalue weighted by Crippen LogP contribution is -2.68. The summed E-state index contributed by atoms with van der Waals surface area (Å²) in [6, 6.07) is 5.20. The van der Waals surface area contributed by atoms with E-state index in [4.69, 9.17) is 61.8 Å². The summed E-state index contributed by atoms with van der Waals surface area (Å²) in [5, 5.41) is 73.6. The van der Waals surface area contributed by atoms with Crippen molar-refractivity contribution in [1.29, 1.82) is 0 Å². The molecule has 3 heterocycles. The summed E-state index contributed by atoms with van der Waals surface area (Å²) in [6.07, 6.45) is -19.6. The van der Waals surface area contributed by atoms with Crippen LogP contribution in [0.3, 0.4) is 0 Å². The molecule has 17 N–H and O–H groups in total. The molecular formula is C35H60N6O15. The summed E-state index contributed by atoms with van der Waals surface area (Å²) < 4.78 is 42.7. The molecule has 0 bridgehead atoms. The second-order valence-corrected chi connectivity index (χ2v) is 14.8. The fraction of sp³-hybridized carbons (Fsp3) is 0.800. The maximum atomic E-state index is 12.6. The number of carbonyl (C=O) groups is 1. The van der Waals surface area contributed by atoms with E-state index in [0.717, 1.165) is 5.56 Å². The van der Waals surface area contributed by atoms with Gasteiger partial charge in [0.15, 0.2) is 18.9 Å². The second kappa shape index (κ2) is 20.3. The van der Waals surface area contributed by atoms with Gasteiger partial charge in [-0.25, -0.2) is 0 Å². The van der Waals surface area contributed by atoms with Crippen molar-refractivity contribution in [2.75, 3.05) is 39.5 Å². The average molecular weight is 805 g/mol. The molecule has 0 unspecified atom stereocenters. The minimum absolute atomic E-state index is 0.0516. The molecule has 19 atom stereocenters. The molecule has 21 heteroatoms. The van der Waals surface area contributed by atoms with E-state index in [9.17, 15) is 40.5 Å². The van der Waals surface area contributed by atoms with Crippen molar-refractivity contribution in [3.05, 3.63) is 35.9 Å². The number of carbonyl (C=O) groups excluding carboxylic acids is 1. The summed E-state index contributed by atoms with van der Waals surface area (Å²) in [4.78, 5) is 14.2. The van der Waals surface area contributed by atoms with Gasteiger partial charge in [-0.15, -0.1) is 0 Å². The van der Waals surface area contributed by atoms with Crippen molar-refractivity contribution >= 4 is 5.91 Å². The Bertz CT molecular complexity index is 1360. The molecular weight excluding hydrogens is 744 g/mol. The van der Waals surface area contributed by atoms with Crippen LogP contribution in [0.2, 0.25) is 0 Å². The third-order valence-electron chi connectivity index (χ3n) is 10.9. The fourth-order valence-electron chi connectivity index (χ4n) is 7.49. The number of nitrogens with two attached hydrogens (primary N) is 5. The Morgan fingerprint density at radius 2 is 1.25 bits per heavy atom. The van der Waals surface area contributed by atoms with Gasteiger partial charge in [0.25, 0.3) is 0 Å². The van der Waals surface area contributed by atoms with Crippen LogP contribution < -0.4 is 28.7 Å². The molecule has 21 nitrogen and oxygen atoms in total. The van der Waals surface area contributed by atoms with E-state index in [0.29, 0.717) is 13.0 Å². The zero-order valence-electron chi connectivity index (χ0n) is 31.2. The van der Waals surface area contributed by atoms with Crippen molar-refractivity contribution in [3.8, 4) is 0 Å². The normalized spacial score (nSPS) is 43.1. The van der Waals surface area contributed by atoms with E-state index in [1.807, 2.05) is 30.3 Å². The number of nitrogens with zero attached hydrogens (tertiary/aromatic N) is 1. The number of amides is 1. The molecule has 1 aromatic carbocycles. The van der Waals surface area contributed by atoms with Gasteiger partial charge in [0, 0.05) is 38.6 Å². The molecule has 1 aliphatic carbocycles. The molecule has 3 aliphatic heterocycles. The van der Waals surface area contributed by atoms with Crippen LogP contribution in [0.15, 0.2) is 30.3 Å². The van der Waals surface area contributed by atoms with Gasteiger partial charge in [-0.3, -0.25) is 4.79 Å². The van der Waals surface area contributed by atoms with Gasteiger partial charge in [0.2, 0.25) is 5.91 Å². The SMILES string of the molecule is CC(=O)N(CCO[C@H]1[C@H](O[C@@H]2[C@@H](O)[C@H](N)C[C@H](N)[C@H]2O[C@H]2O[C@H](CO)[C@@H](O)[C@H](O)[C@H]2N)O[C@H](CO)[C@H]1O[C@H]1O[C@@H](CN)[C@@H](O)[C@H](O)[C@H]1N)CCc1ccccc1. The van der Waals surface area contributed by atoms with Crippen LogP contribution in [-0.4, -0.2) is 202 Å². The third-order valence-corrected chi connectivity index (χ3v) is 10.9. The van der Waals surface area contributed by atoms with Crippen LogP contribution in [-0.2, 0) is 44.4 Å². The minimum atomic E-state index is -1.55. The van der Waals surface area contributed by atoms with E-state index in [1.54, 1.807) is 4.90 Å². The molecule has 320 valence electrons. The number of aliphatic hydroxyl groups excluding tert-OH is 7. The van der Waals surface area contributed by atoms with Gasteiger partial charge in [-0.1, -0.05) is 30.3 Å². The standard InChI is InChI=1S/C35H60N6O15/c1-15(44)41(8-7-16-5-3-2-4-6-16)9-10-50-32-30(55-33-22(39)27(48)25(46)19(12-36)51-33)21(14-43)53-35(32)56-31-24(45)17(37)11-18(38)29(31)54-34-23(40)28(49)26(47)20(13-42)52-34/h2-6,17-35,42-43,45-49H,7-14,36-40H2,1H3/t17-,18+,19+,20-,21-,22-,23-,24+,25-,26-,27-,28-,29-,30-,31-,32-,33-,34-,35+/m1/s1. The highest BCUT2D eigenvalue weighted by molar-refractivity contribution is 5.73. The summed E-state index contributed by atoms with van der Waals surface area (Å²) >= 11 is 0. The first kappa shape index (κ1) is 45.0. The molecule has 56 heavy (non-hydrogen) atoms. The molecule has 0 aromatic heterocycles.